The van der Waals surface area contributed by atoms with Crippen molar-refractivity contribution in [2.45, 2.75) is 63.6 Å². The molecule has 2 unspecified atom stereocenters. The summed E-state index contributed by atoms with van der Waals surface area (Å²) in [6.45, 7) is 2.17. The zero-order valence-corrected chi connectivity index (χ0v) is 13.4. The quantitative estimate of drug-likeness (QED) is 0.897. The van der Waals surface area contributed by atoms with E-state index in [0.29, 0.717) is 18.1 Å². The number of carbonyl (C=O) groups excluding carboxylic acids is 1. The third kappa shape index (κ3) is 3.98. The summed E-state index contributed by atoms with van der Waals surface area (Å²) in [6, 6.07) is 9.63. The molecule has 2 aliphatic heterocycles. The number of hydrogen-bond donors (Lipinski definition) is 2. The van der Waals surface area contributed by atoms with E-state index in [-0.39, 0.29) is 18.3 Å². The maximum Gasteiger partial charge on any atom is 0.251 e. The lowest BCUT2D eigenvalue weighted by Crippen LogP contribution is -2.48. The third-order valence-electron chi connectivity index (χ3n) is 4.56. The van der Waals surface area contributed by atoms with E-state index < -0.39 is 0 Å². The Morgan fingerprint density at radius 1 is 1.19 bits per heavy atom. The molecule has 2 bridgehead atoms. The first-order chi connectivity index (χ1) is 9.74. The fourth-order valence-electron chi connectivity index (χ4n) is 3.56. The first-order valence-corrected chi connectivity index (χ1v) is 7.90. The van der Waals surface area contributed by atoms with Crippen LogP contribution in [0.2, 0.25) is 0 Å². The predicted molar refractivity (Wildman–Crippen MR) is 88.1 cm³/mol. The molecule has 2 aliphatic rings. The first-order valence-electron chi connectivity index (χ1n) is 7.90. The van der Waals surface area contributed by atoms with E-state index in [1.165, 1.54) is 18.4 Å². The molecule has 0 spiro atoms. The van der Waals surface area contributed by atoms with Gasteiger partial charge in [0, 0.05) is 23.7 Å². The molecule has 0 aliphatic carbocycles. The van der Waals surface area contributed by atoms with Gasteiger partial charge in [0.25, 0.3) is 5.91 Å². The molecule has 3 rings (SSSR count). The van der Waals surface area contributed by atoms with Crippen LogP contribution in [0.4, 0.5) is 0 Å². The minimum atomic E-state index is 0. The van der Waals surface area contributed by atoms with Crippen LogP contribution in [0.25, 0.3) is 0 Å². The molecular formula is C17H25ClN2O. The van der Waals surface area contributed by atoms with Crippen LogP contribution in [0.15, 0.2) is 24.3 Å². The van der Waals surface area contributed by atoms with Crippen LogP contribution < -0.4 is 10.6 Å². The molecule has 116 valence electrons. The van der Waals surface area contributed by atoms with E-state index in [1.807, 2.05) is 12.1 Å². The number of piperidine rings is 1. The fourth-order valence-corrected chi connectivity index (χ4v) is 3.56. The number of halogens is 1. The molecule has 0 radical (unpaired) electrons. The minimum Gasteiger partial charge on any atom is -0.349 e. The summed E-state index contributed by atoms with van der Waals surface area (Å²) in [7, 11) is 0. The maximum atomic E-state index is 12.3. The number of carbonyl (C=O) groups is 1. The van der Waals surface area contributed by atoms with Gasteiger partial charge in [-0.05, 0) is 49.8 Å². The summed E-state index contributed by atoms with van der Waals surface area (Å²) >= 11 is 0. The Morgan fingerprint density at radius 3 is 2.38 bits per heavy atom. The summed E-state index contributed by atoms with van der Waals surface area (Å²) in [5.74, 6) is 0.0827. The summed E-state index contributed by atoms with van der Waals surface area (Å²) in [6.07, 6.45) is 6.92. The standard InChI is InChI=1S/C17H24N2O.ClH/c1-2-3-12-4-6-13(7-5-12)17(20)19-16-10-14-8-9-15(11-16)18-14;/h4-7,14-16,18H,2-3,8-11H2,1H3,(H,19,20);1H. The number of fused-ring (bicyclic) bond motifs is 2. The summed E-state index contributed by atoms with van der Waals surface area (Å²) in [5, 5.41) is 6.81. The molecule has 0 aromatic heterocycles. The van der Waals surface area contributed by atoms with Crippen molar-refractivity contribution in [3.63, 3.8) is 0 Å². The Morgan fingerprint density at radius 2 is 1.81 bits per heavy atom. The third-order valence-corrected chi connectivity index (χ3v) is 4.56. The van der Waals surface area contributed by atoms with Crippen molar-refractivity contribution in [3.05, 3.63) is 35.4 Å². The fraction of sp³-hybridized carbons (Fsp3) is 0.588. The van der Waals surface area contributed by atoms with Crippen LogP contribution in [0.5, 0.6) is 0 Å². The van der Waals surface area contributed by atoms with Crippen molar-refractivity contribution in [2.24, 2.45) is 0 Å². The van der Waals surface area contributed by atoms with Crippen molar-refractivity contribution < 1.29 is 4.79 Å². The van der Waals surface area contributed by atoms with E-state index in [4.69, 9.17) is 0 Å². The highest BCUT2D eigenvalue weighted by Crippen LogP contribution is 2.26. The first kappa shape index (κ1) is 16.3. The monoisotopic (exact) mass is 308 g/mol. The molecule has 2 N–H and O–H groups in total. The molecule has 1 aromatic carbocycles. The van der Waals surface area contributed by atoms with Crippen molar-refractivity contribution >= 4 is 18.3 Å². The Bertz CT molecular complexity index is 462. The molecule has 0 saturated carbocycles. The number of amides is 1. The topological polar surface area (TPSA) is 41.1 Å². The predicted octanol–water partition coefficient (Wildman–Crippen LogP) is 3.07. The second-order valence-corrected chi connectivity index (χ2v) is 6.23. The second kappa shape index (κ2) is 7.28. The highest BCUT2D eigenvalue weighted by Gasteiger charge is 2.33. The van der Waals surface area contributed by atoms with Crippen LogP contribution in [-0.2, 0) is 6.42 Å². The largest absolute Gasteiger partial charge is 0.349 e. The molecule has 2 heterocycles. The van der Waals surface area contributed by atoms with E-state index in [0.717, 1.165) is 31.2 Å². The van der Waals surface area contributed by atoms with E-state index in [2.05, 4.69) is 29.7 Å². The zero-order chi connectivity index (χ0) is 13.9. The SMILES string of the molecule is CCCc1ccc(C(=O)NC2CC3CCC(C2)N3)cc1.Cl. The van der Waals surface area contributed by atoms with Gasteiger partial charge in [-0.1, -0.05) is 25.5 Å². The number of hydrogen-bond acceptors (Lipinski definition) is 2. The lowest BCUT2D eigenvalue weighted by Gasteiger charge is -2.29. The van der Waals surface area contributed by atoms with Gasteiger partial charge in [-0.3, -0.25) is 4.79 Å². The summed E-state index contributed by atoms with van der Waals surface area (Å²) < 4.78 is 0. The van der Waals surface area contributed by atoms with Crippen LogP contribution in [0.1, 0.15) is 54.9 Å². The maximum absolute atomic E-state index is 12.3. The molecule has 2 fully saturated rings. The highest BCUT2D eigenvalue weighted by atomic mass is 35.5. The van der Waals surface area contributed by atoms with E-state index >= 15 is 0 Å². The van der Waals surface area contributed by atoms with Crippen LogP contribution in [0.3, 0.4) is 0 Å². The number of aryl methyl sites for hydroxylation is 1. The van der Waals surface area contributed by atoms with Crippen molar-refractivity contribution in [3.8, 4) is 0 Å². The lowest BCUT2D eigenvalue weighted by atomic mass is 9.99. The van der Waals surface area contributed by atoms with Crippen LogP contribution >= 0.6 is 12.4 Å². The van der Waals surface area contributed by atoms with Gasteiger partial charge in [-0.25, -0.2) is 0 Å². The molecule has 2 atom stereocenters. The molecule has 1 aromatic rings. The highest BCUT2D eigenvalue weighted by molar-refractivity contribution is 5.94. The summed E-state index contributed by atoms with van der Waals surface area (Å²) in [5.41, 5.74) is 2.10. The Hall–Kier alpha value is -1.06. The van der Waals surface area contributed by atoms with Gasteiger partial charge >= 0.3 is 0 Å². The van der Waals surface area contributed by atoms with Crippen LogP contribution in [-0.4, -0.2) is 24.0 Å². The normalized spacial score (nSPS) is 27.0. The molecule has 1 amide bonds. The lowest BCUT2D eigenvalue weighted by molar-refractivity contribution is 0.0924. The van der Waals surface area contributed by atoms with Gasteiger partial charge in [0.05, 0.1) is 0 Å². The average molecular weight is 309 g/mol. The van der Waals surface area contributed by atoms with Gasteiger partial charge in [-0.2, -0.15) is 0 Å². The van der Waals surface area contributed by atoms with Gasteiger partial charge in [-0.15, -0.1) is 12.4 Å². The molecule has 2 saturated heterocycles. The number of nitrogens with one attached hydrogen (secondary N) is 2. The van der Waals surface area contributed by atoms with Crippen molar-refractivity contribution in [1.82, 2.24) is 10.6 Å². The molecule has 4 heteroatoms. The number of rotatable bonds is 4. The van der Waals surface area contributed by atoms with Gasteiger partial charge < -0.3 is 10.6 Å². The molecule has 21 heavy (non-hydrogen) atoms. The summed E-state index contributed by atoms with van der Waals surface area (Å²) in [4.78, 5) is 12.3. The zero-order valence-electron chi connectivity index (χ0n) is 12.6. The van der Waals surface area contributed by atoms with E-state index in [9.17, 15) is 4.79 Å². The van der Waals surface area contributed by atoms with Gasteiger partial charge in [0.2, 0.25) is 0 Å². The molecule has 3 nitrogen and oxygen atoms in total. The van der Waals surface area contributed by atoms with Crippen LogP contribution in [0, 0.1) is 0 Å². The minimum absolute atomic E-state index is 0. The van der Waals surface area contributed by atoms with E-state index in [1.54, 1.807) is 0 Å². The van der Waals surface area contributed by atoms with Gasteiger partial charge in [0.1, 0.15) is 0 Å². The molecular weight excluding hydrogens is 284 g/mol. The van der Waals surface area contributed by atoms with Crippen molar-refractivity contribution in [2.75, 3.05) is 0 Å². The Kier molecular flexibility index (Phi) is 5.65. The van der Waals surface area contributed by atoms with Gasteiger partial charge in [0.15, 0.2) is 0 Å². The second-order valence-electron chi connectivity index (χ2n) is 6.23. The Labute approximate surface area is 133 Å². The van der Waals surface area contributed by atoms with Crippen molar-refractivity contribution in [1.29, 1.82) is 0 Å². The Balaban J connectivity index is 0.00000161. The smallest absolute Gasteiger partial charge is 0.251 e. The average Bonchev–Trinajstić information content (AvgIpc) is 2.79. The number of benzene rings is 1.